The summed E-state index contributed by atoms with van der Waals surface area (Å²) >= 11 is 5.91. The lowest BCUT2D eigenvalue weighted by molar-refractivity contribution is -0.123. The number of carbonyl (C=O) groups is 2. The topological polar surface area (TPSA) is 67.4 Å². The molecule has 23 heavy (non-hydrogen) atoms. The highest BCUT2D eigenvalue weighted by Gasteiger charge is 2.40. The number of ether oxygens (including phenoxy) is 1. The Morgan fingerprint density at radius 1 is 1.26 bits per heavy atom. The third-order valence-corrected chi connectivity index (χ3v) is 5.29. The van der Waals surface area contributed by atoms with E-state index in [0.29, 0.717) is 34.6 Å². The van der Waals surface area contributed by atoms with Crippen LogP contribution in [0.3, 0.4) is 0 Å². The first-order valence-electron chi connectivity index (χ1n) is 7.99. The van der Waals surface area contributed by atoms with Gasteiger partial charge in [0.05, 0.1) is 12.7 Å². The van der Waals surface area contributed by atoms with Gasteiger partial charge in [0.25, 0.3) is 5.91 Å². The fourth-order valence-electron chi connectivity index (χ4n) is 3.97. The summed E-state index contributed by atoms with van der Waals surface area (Å²) in [6, 6.07) is 4.77. The van der Waals surface area contributed by atoms with Crippen molar-refractivity contribution < 1.29 is 14.3 Å². The summed E-state index contributed by atoms with van der Waals surface area (Å²) in [6.45, 7) is 0. The Kier molecular flexibility index (Phi) is 4.76. The third kappa shape index (κ3) is 3.61. The van der Waals surface area contributed by atoms with Crippen molar-refractivity contribution in [2.75, 3.05) is 7.11 Å². The molecule has 2 fully saturated rings. The van der Waals surface area contributed by atoms with Gasteiger partial charge in [0.15, 0.2) is 0 Å². The van der Waals surface area contributed by atoms with Crippen molar-refractivity contribution >= 4 is 23.4 Å². The maximum Gasteiger partial charge on any atom is 0.273 e. The second-order valence-electron chi connectivity index (χ2n) is 6.49. The maximum atomic E-state index is 12.2. The van der Waals surface area contributed by atoms with E-state index in [2.05, 4.69) is 10.9 Å². The lowest BCUT2D eigenvalue weighted by Crippen LogP contribution is -2.42. The van der Waals surface area contributed by atoms with E-state index in [4.69, 9.17) is 16.3 Å². The van der Waals surface area contributed by atoms with Crippen LogP contribution in [-0.2, 0) is 4.79 Å². The molecule has 2 saturated carbocycles. The minimum absolute atomic E-state index is 0.142. The van der Waals surface area contributed by atoms with E-state index in [0.717, 1.165) is 12.3 Å². The van der Waals surface area contributed by atoms with Crippen molar-refractivity contribution in [1.29, 1.82) is 0 Å². The minimum Gasteiger partial charge on any atom is -0.496 e. The molecule has 3 rings (SSSR count). The van der Waals surface area contributed by atoms with Crippen LogP contribution in [0.4, 0.5) is 0 Å². The van der Waals surface area contributed by atoms with Gasteiger partial charge in [-0.05, 0) is 55.2 Å². The molecule has 3 atom stereocenters. The summed E-state index contributed by atoms with van der Waals surface area (Å²) in [6.07, 6.45) is 5.45. The highest BCUT2D eigenvalue weighted by atomic mass is 35.5. The smallest absolute Gasteiger partial charge is 0.273 e. The summed E-state index contributed by atoms with van der Waals surface area (Å²) in [5.74, 6) is 1.79. The standard InChI is InChI=1S/C17H21ClN2O3/c1-23-15-5-4-13(18)9-14(15)17(22)20-19-16(21)8-12-7-10-2-3-11(12)6-10/h4-5,9-12H,2-3,6-8H2,1H3,(H,19,21)(H,20,22)/t10-,11-,12-/m1/s1. The van der Waals surface area contributed by atoms with Crippen molar-refractivity contribution in [2.45, 2.75) is 32.1 Å². The summed E-state index contributed by atoms with van der Waals surface area (Å²) in [5.41, 5.74) is 5.23. The van der Waals surface area contributed by atoms with Gasteiger partial charge < -0.3 is 4.74 Å². The first kappa shape index (κ1) is 16.1. The van der Waals surface area contributed by atoms with Gasteiger partial charge in [-0.15, -0.1) is 0 Å². The van der Waals surface area contributed by atoms with Crippen molar-refractivity contribution in [1.82, 2.24) is 10.9 Å². The highest BCUT2D eigenvalue weighted by molar-refractivity contribution is 6.31. The normalized spacial score (nSPS) is 25.2. The summed E-state index contributed by atoms with van der Waals surface area (Å²) in [7, 11) is 1.48. The number of rotatable bonds is 4. The Labute approximate surface area is 140 Å². The Morgan fingerprint density at radius 2 is 2.09 bits per heavy atom. The molecule has 0 spiro atoms. The molecule has 2 aliphatic carbocycles. The zero-order valence-electron chi connectivity index (χ0n) is 13.1. The number of nitrogens with one attached hydrogen (secondary N) is 2. The maximum absolute atomic E-state index is 12.2. The molecule has 0 unspecified atom stereocenters. The number of hydrazine groups is 1. The molecule has 2 N–H and O–H groups in total. The van der Waals surface area contributed by atoms with Crippen LogP contribution >= 0.6 is 11.6 Å². The van der Waals surface area contributed by atoms with Gasteiger partial charge in [0, 0.05) is 11.4 Å². The SMILES string of the molecule is COc1ccc(Cl)cc1C(=O)NNC(=O)C[C@H]1C[C@@H]2CC[C@@H]1C2. The summed E-state index contributed by atoms with van der Waals surface area (Å²) in [5, 5.41) is 0.434. The van der Waals surface area contributed by atoms with Crippen molar-refractivity contribution in [3.05, 3.63) is 28.8 Å². The van der Waals surface area contributed by atoms with Crippen molar-refractivity contribution in [3.8, 4) is 5.75 Å². The van der Waals surface area contributed by atoms with Gasteiger partial charge >= 0.3 is 0 Å². The van der Waals surface area contributed by atoms with E-state index in [-0.39, 0.29) is 5.91 Å². The van der Waals surface area contributed by atoms with E-state index in [1.807, 2.05) is 0 Å². The van der Waals surface area contributed by atoms with Gasteiger partial charge in [-0.25, -0.2) is 0 Å². The van der Waals surface area contributed by atoms with E-state index in [1.165, 1.54) is 32.4 Å². The average molecular weight is 337 g/mol. The number of fused-ring (bicyclic) bond motifs is 2. The number of benzene rings is 1. The summed E-state index contributed by atoms with van der Waals surface area (Å²) in [4.78, 5) is 24.2. The molecule has 2 amide bonds. The quantitative estimate of drug-likeness (QED) is 0.831. The lowest BCUT2D eigenvalue weighted by atomic mass is 9.86. The molecular weight excluding hydrogens is 316 g/mol. The van der Waals surface area contributed by atoms with Crippen LogP contribution in [0.2, 0.25) is 5.02 Å². The van der Waals surface area contributed by atoms with Crippen LogP contribution in [-0.4, -0.2) is 18.9 Å². The number of hydrogen-bond donors (Lipinski definition) is 2. The van der Waals surface area contributed by atoms with Crippen LogP contribution < -0.4 is 15.6 Å². The first-order valence-corrected chi connectivity index (χ1v) is 8.37. The third-order valence-electron chi connectivity index (χ3n) is 5.05. The van der Waals surface area contributed by atoms with Crippen LogP contribution in [0.5, 0.6) is 5.75 Å². The zero-order valence-corrected chi connectivity index (χ0v) is 13.9. The number of halogens is 1. The molecule has 0 radical (unpaired) electrons. The molecule has 1 aromatic rings. The molecule has 0 aliphatic heterocycles. The molecule has 1 aromatic carbocycles. The molecule has 0 saturated heterocycles. The Bertz CT molecular complexity index is 620. The largest absolute Gasteiger partial charge is 0.496 e. The van der Waals surface area contributed by atoms with Crippen molar-refractivity contribution in [3.63, 3.8) is 0 Å². The van der Waals surface area contributed by atoms with Gasteiger partial charge in [0.2, 0.25) is 5.91 Å². The predicted octanol–water partition coefficient (Wildman–Crippen LogP) is 2.94. The average Bonchev–Trinajstić information content (AvgIpc) is 3.15. The number of methoxy groups -OCH3 is 1. The zero-order chi connectivity index (χ0) is 16.4. The van der Waals surface area contributed by atoms with E-state index >= 15 is 0 Å². The molecule has 5 nitrogen and oxygen atoms in total. The molecule has 0 aromatic heterocycles. The first-order chi connectivity index (χ1) is 11.1. The molecular formula is C17H21ClN2O3. The molecule has 124 valence electrons. The lowest BCUT2D eigenvalue weighted by Gasteiger charge is -2.21. The van der Waals surface area contributed by atoms with E-state index in [1.54, 1.807) is 12.1 Å². The van der Waals surface area contributed by atoms with Crippen LogP contribution in [0.15, 0.2) is 18.2 Å². The number of hydrogen-bond acceptors (Lipinski definition) is 3. The molecule has 2 aliphatic rings. The van der Waals surface area contributed by atoms with Crippen LogP contribution in [0, 0.1) is 17.8 Å². The van der Waals surface area contributed by atoms with Gasteiger partial charge in [0.1, 0.15) is 5.75 Å². The Hall–Kier alpha value is -1.75. The minimum atomic E-state index is -0.439. The fourth-order valence-corrected chi connectivity index (χ4v) is 4.14. The van der Waals surface area contributed by atoms with Gasteiger partial charge in [-0.2, -0.15) is 0 Å². The van der Waals surface area contributed by atoms with Crippen LogP contribution in [0.25, 0.3) is 0 Å². The monoisotopic (exact) mass is 336 g/mol. The fraction of sp³-hybridized carbons (Fsp3) is 0.529. The Balaban J connectivity index is 1.52. The van der Waals surface area contributed by atoms with E-state index in [9.17, 15) is 9.59 Å². The predicted molar refractivity (Wildman–Crippen MR) is 87.2 cm³/mol. The molecule has 6 heteroatoms. The number of carbonyl (C=O) groups excluding carboxylic acids is 2. The second-order valence-corrected chi connectivity index (χ2v) is 6.92. The van der Waals surface area contributed by atoms with Crippen molar-refractivity contribution in [2.24, 2.45) is 17.8 Å². The molecule has 2 bridgehead atoms. The van der Waals surface area contributed by atoms with E-state index < -0.39 is 5.91 Å². The highest BCUT2D eigenvalue weighted by Crippen LogP contribution is 2.49. The van der Waals surface area contributed by atoms with Gasteiger partial charge in [-0.1, -0.05) is 18.0 Å². The Morgan fingerprint density at radius 3 is 2.74 bits per heavy atom. The molecule has 0 heterocycles. The van der Waals surface area contributed by atoms with Gasteiger partial charge in [-0.3, -0.25) is 20.4 Å². The van der Waals surface area contributed by atoms with Crippen LogP contribution in [0.1, 0.15) is 42.5 Å². The summed E-state index contributed by atoms with van der Waals surface area (Å²) < 4.78 is 5.14. The number of amides is 2. The second kappa shape index (κ2) is 6.79.